The van der Waals surface area contributed by atoms with Crippen molar-refractivity contribution in [3.05, 3.63) is 29.6 Å². The van der Waals surface area contributed by atoms with Crippen molar-refractivity contribution in [2.45, 2.75) is 25.3 Å². The number of carbonyl (C=O) groups excluding carboxylic acids is 2. The van der Waals surface area contributed by atoms with E-state index in [1.807, 2.05) is 4.90 Å². The molecular weight excluding hydrogens is 247 g/mol. The van der Waals surface area contributed by atoms with E-state index in [1.165, 1.54) is 12.1 Å². The lowest BCUT2D eigenvalue weighted by molar-refractivity contribution is -0.122. The van der Waals surface area contributed by atoms with E-state index >= 15 is 0 Å². The van der Waals surface area contributed by atoms with Gasteiger partial charge in [-0.05, 0) is 37.5 Å². The van der Waals surface area contributed by atoms with Gasteiger partial charge in [0, 0.05) is 24.8 Å². The third-order valence-corrected chi connectivity index (χ3v) is 3.48. The summed E-state index contributed by atoms with van der Waals surface area (Å²) in [4.78, 5) is 24.9. The average Bonchev–Trinajstić information content (AvgIpc) is 2.46. The average molecular weight is 264 g/mol. The largest absolute Gasteiger partial charge is 0.359 e. The van der Waals surface area contributed by atoms with Crippen molar-refractivity contribution < 1.29 is 14.0 Å². The molecule has 0 bridgehead atoms. The lowest BCUT2D eigenvalue weighted by Gasteiger charge is -2.36. The standard InChI is InChI=1S/C14H17FN2O2/c1-16-14(19)13-4-2-3-7-17(13)12-6-5-11(15)8-10(12)9-18/h5-6,8-9,13H,2-4,7H2,1H3,(H,16,19). The third kappa shape index (κ3) is 2.75. The van der Waals surface area contributed by atoms with Crippen molar-refractivity contribution in [2.24, 2.45) is 0 Å². The minimum absolute atomic E-state index is 0.0686. The summed E-state index contributed by atoms with van der Waals surface area (Å²) in [5.41, 5.74) is 0.917. The Morgan fingerprint density at radius 3 is 2.95 bits per heavy atom. The van der Waals surface area contributed by atoms with Gasteiger partial charge in [-0.1, -0.05) is 0 Å². The molecule has 19 heavy (non-hydrogen) atoms. The molecule has 2 rings (SSSR count). The van der Waals surface area contributed by atoms with Gasteiger partial charge in [-0.2, -0.15) is 0 Å². The minimum atomic E-state index is -0.445. The predicted molar refractivity (Wildman–Crippen MR) is 70.8 cm³/mol. The van der Waals surface area contributed by atoms with Crippen LogP contribution in [0.1, 0.15) is 29.6 Å². The molecule has 4 nitrogen and oxygen atoms in total. The molecule has 0 aliphatic carbocycles. The fourth-order valence-corrected chi connectivity index (χ4v) is 2.54. The van der Waals surface area contributed by atoms with Gasteiger partial charge in [0.25, 0.3) is 0 Å². The molecule has 0 aromatic heterocycles. The molecule has 1 aromatic rings. The van der Waals surface area contributed by atoms with Crippen LogP contribution < -0.4 is 10.2 Å². The van der Waals surface area contributed by atoms with E-state index in [-0.39, 0.29) is 17.5 Å². The number of amides is 1. The highest BCUT2D eigenvalue weighted by Gasteiger charge is 2.29. The molecule has 1 atom stereocenters. The lowest BCUT2D eigenvalue weighted by atomic mass is 9.99. The van der Waals surface area contributed by atoms with Gasteiger partial charge in [0.2, 0.25) is 5.91 Å². The van der Waals surface area contributed by atoms with E-state index in [0.29, 0.717) is 18.5 Å². The zero-order chi connectivity index (χ0) is 13.8. The van der Waals surface area contributed by atoms with E-state index < -0.39 is 5.82 Å². The van der Waals surface area contributed by atoms with Crippen LogP contribution in [-0.4, -0.2) is 31.8 Å². The van der Waals surface area contributed by atoms with Gasteiger partial charge in [-0.25, -0.2) is 4.39 Å². The summed E-state index contributed by atoms with van der Waals surface area (Å²) < 4.78 is 13.2. The number of anilines is 1. The van der Waals surface area contributed by atoms with Crippen molar-refractivity contribution in [2.75, 3.05) is 18.5 Å². The molecule has 1 aliphatic heterocycles. The Hall–Kier alpha value is -1.91. The zero-order valence-electron chi connectivity index (χ0n) is 10.9. The number of nitrogens with zero attached hydrogens (tertiary/aromatic N) is 1. The lowest BCUT2D eigenvalue weighted by Crippen LogP contribution is -2.49. The van der Waals surface area contributed by atoms with Crippen LogP contribution in [0, 0.1) is 5.82 Å². The first kappa shape index (κ1) is 13.5. The first-order valence-corrected chi connectivity index (χ1v) is 6.40. The molecule has 1 unspecified atom stereocenters. The highest BCUT2D eigenvalue weighted by molar-refractivity contribution is 5.89. The first-order chi connectivity index (χ1) is 9.17. The molecule has 1 fully saturated rings. The molecule has 1 aliphatic rings. The van der Waals surface area contributed by atoms with Crippen LogP contribution in [0.2, 0.25) is 0 Å². The minimum Gasteiger partial charge on any atom is -0.359 e. The van der Waals surface area contributed by atoms with E-state index in [4.69, 9.17) is 0 Å². The number of nitrogens with one attached hydrogen (secondary N) is 1. The summed E-state index contributed by atoms with van der Waals surface area (Å²) in [5, 5.41) is 2.64. The van der Waals surface area contributed by atoms with Gasteiger partial charge >= 0.3 is 0 Å². The van der Waals surface area contributed by atoms with Crippen LogP contribution in [0.15, 0.2) is 18.2 Å². The van der Waals surface area contributed by atoms with E-state index in [2.05, 4.69) is 5.32 Å². The smallest absolute Gasteiger partial charge is 0.242 e. The van der Waals surface area contributed by atoms with E-state index in [9.17, 15) is 14.0 Å². The fraction of sp³-hybridized carbons (Fsp3) is 0.429. The van der Waals surface area contributed by atoms with Crippen molar-refractivity contribution in [3.63, 3.8) is 0 Å². The monoisotopic (exact) mass is 264 g/mol. The maximum absolute atomic E-state index is 13.2. The summed E-state index contributed by atoms with van der Waals surface area (Å²) in [6.07, 6.45) is 3.32. The first-order valence-electron chi connectivity index (χ1n) is 6.40. The number of carbonyl (C=O) groups is 2. The maximum atomic E-state index is 13.2. The molecular formula is C14H17FN2O2. The molecule has 1 amide bonds. The highest BCUT2D eigenvalue weighted by Crippen LogP contribution is 2.28. The molecule has 1 aromatic carbocycles. The molecule has 0 radical (unpaired) electrons. The number of benzene rings is 1. The molecule has 102 valence electrons. The van der Waals surface area contributed by atoms with E-state index in [1.54, 1.807) is 13.1 Å². The van der Waals surface area contributed by atoms with Crippen LogP contribution in [0.5, 0.6) is 0 Å². The molecule has 1 heterocycles. The van der Waals surface area contributed by atoms with Crippen LogP contribution >= 0.6 is 0 Å². The van der Waals surface area contributed by atoms with Crippen LogP contribution in [0.4, 0.5) is 10.1 Å². The molecule has 0 spiro atoms. The third-order valence-electron chi connectivity index (χ3n) is 3.48. The van der Waals surface area contributed by atoms with Crippen molar-refractivity contribution in [1.82, 2.24) is 5.32 Å². The van der Waals surface area contributed by atoms with Crippen LogP contribution in [-0.2, 0) is 4.79 Å². The Bertz CT molecular complexity index is 490. The molecule has 0 saturated carbocycles. The van der Waals surface area contributed by atoms with Gasteiger partial charge < -0.3 is 10.2 Å². The number of piperidine rings is 1. The number of rotatable bonds is 3. The number of hydrogen-bond acceptors (Lipinski definition) is 3. The Balaban J connectivity index is 2.37. The van der Waals surface area contributed by atoms with Crippen molar-refractivity contribution in [1.29, 1.82) is 0 Å². The van der Waals surface area contributed by atoms with Gasteiger partial charge in [-0.3, -0.25) is 9.59 Å². The van der Waals surface area contributed by atoms with Crippen molar-refractivity contribution >= 4 is 17.9 Å². The van der Waals surface area contributed by atoms with Crippen LogP contribution in [0.3, 0.4) is 0 Å². The van der Waals surface area contributed by atoms with Gasteiger partial charge in [0.05, 0.1) is 0 Å². The van der Waals surface area contributed by atoms with Gasteiger partial charge in [0.15, 0.2) is 6.29 Å². The van der Waals surface area contributed by atoms with Crippen molar-refractivity contribution in [3.8, 4) is 0 Å². The Morgan fingerprint density at radius 2 is 2.26 bits per heavy atom. The zero-order valence-corrected chi connectivity index (χ0v) is 10.9. The quantitative estimate of drug-likeness (QED) is 0.846. The van der Waals surface area contributed by atoms with Gasteiger partial charge in [-0.15, -0.1) is 0 Å². The molecule has 5 heteroatoms. The molecule has 1 saturated heterocycles. The Morgan fingerprint density at radius 1 is 1.47 bits per heavy atom. The maximum Gasteiger partial charge on any atom is 0.242 e. The summed E-state index contributed by atoms with van der Waals surface area (Å²) in [6.45, 7) is 0.699. The number of likely N-dealkylation sites (N-methyl/N-ethyl adjacent to an activating group) is 1. The topological polar surface area (TPSA) is 49.4 Å². The predicted octanol–water partition coefficient (Wildman–Crippen LogP) is 1.74. The summed E-state index contributed by atoms with van der Waals surface area (Å²) in [7, 11) is 1.60. The van der Waals surface area contributed by atoms with Crippen LogP contribution in [0.25, 0.3) is 0 Å². The molecule has 1 N–H and O–H groups in total. The second-order valence-electron chi connectivity index (χ2n) is 4.64. The number of hydrogen-bond donors (Lipinski definition) is 1. The Kier molecular flexibility index (Phi) is 4.14. The fourth-order valence-electron chi connectivity index (χ4n) is 2.54. The Labute approximate surface area is 111 Å². The second kappa shape index (κ2) is 5.82. The summed E-state index contributed by atoms with van der Waals surface area (Å²) in [5.74, 6) is -0.514. The SMILES string of the molecule is CNC(=O)C1CCCCN1c1ccc(F)cc1C=O. The highest BCUT2D eigenvalue weighted by atomic mass is 19.1. The normalized spacial score (nSPS) is 19.1. The number of halogens is 1. The second-order valence-corrected chi connectivity index (χ2v) is 4.64. The number of aldehydes is 1. The summed E-state index contributed by atoms with van der Waals surface area (Å²) in [6, 6.07) is 3.80. The van der Waals surface area contributed by atoms with Gasteiger partial charge in [0.1, 0.15) is 11.9 Å². The summed E-state index contributed by atoms with van der Waals surface area (Å²) >= 11 is 0. The van der Waals surface area contributed by atoms with E-state index in [0.717, 1.165) is 19.3 Å².